The quantitative estimate of drug-likeness (QED) is 0.583. The Kier molecular flexibility index (Phi) is 3.65. The van der Waals surface area contributed by atoms with Gasteiger partial charge >= 0.3 is 20.9 Å². The average molecular weight is 218 g/mol. The fourth-order valence-corrected chi connectivity index (χ4v) is 0.394. The van der Waals surface area contributed by atoms with Crippen LogP contribution in [0.15, 0.2) is 0 Å². The Balaban J connectivity index is 0. The smallest absolute Gasteiger partial charge is 0.210 e. The molecule has 0 aliphatic carbocycles. The molecule has 0 aromatic carbocycles. The lowest BCUT2D eigenvalue weighted by atomic mass is 11.5. The molecule has 76 valence electrons. The summed E-state index contributed by atoms with van der Waals surface area (Å²) >= 11 is 0. The van der Waals surface area contributed by atoms with Crippen molar-refractivity contribution in [3.63, 3.8) is 0 Å². The summed E-state index contributed by atoms with van der Waals surface area (Å²) in [4.78, 5) is 0. The Morgan fingerprint density at radius 2 is 0.917 bits per heavy atom. The van der Waals surface area contributed by atoms with Gasteiger partial charge in [0.05, 0.1) is 0 Å². The van der Waals surface area contributed by atoms with E-state index in [0.29, 0.717) is 0 Å². The number of hydrogen-bond donors (Lipinski definition) is 0. The number of sulfone groups is 1. The van der Waals surface area contributed by atoms with Crippen molar-refractivity contribution in [3.8, 4) is 0 Å². The molecule has 0 rings (SSSR count). The third-order valence-electron chi connectivity index (χ3n) is 0.609. The van der Waals surface area contributed by atoms with Crippen LogP contribution in [0.4, 0.5) is 26.3 Å². The van der Waals surface area contributed by atoms with Crippen LogP contribution in [0.2, 0.25) is 0 Å². The summed E-state index contributed by atoms with van der Waals surface area (Å²) < 4.78 is 85.0. The van der Waals surface area contributed by atoms with Crippen LogP contribution in [0.25, 0.3) is 0 Å². The van der Waals surface area contributed by atoms with Gasteiger partial charge in [-0.25, -0.2) is 8.42 Å². The van der Waals surface area contributed by atoms with Gasteiger partial charge < -0.3 is 0 Å². The topological polar surface area (TPSA) is 34.1 Å². The largest absolute Gasteiger partial charge is 0.506 e. The predicted octanol–water partition coefficient (Wildman–Crippen LogP) is 2.08. The van der Waals surface area contributed by atoms with E-state index in [9.17, 15) is 34.8 Å². The van der Waals surface area contributed by atoms with Gasteiger partial charge in [-0.1, -0.05) is 7.43 Å². The van der Waals surface area contributed by atoms with E-state index in [1.807, 2.05) is 0 Å². The van der Waals surface area contributed by atoms with E-state index in [4.69, 9.17) is 0 Å². The van der Waals surface area contributed by atoms with E-state index < -0.39 is 20.9 Å². The van der Waals surface area contributed by atoms with Crippen LogP contribution >= 0.6 is 0 Å². The molecule has 2 nitrogen and oxygen atoms in total. The Bertz CT molecular complexity index is 212. The Morgan fingerprint density at radius 1 is 0.750 bits per heavy atom. The molecule has 0 atom stereocenters. The molecule has 0 aromatic rings. The van der Waals surface area contributed by atoms with Crippen LogP contribution in [0.1, 0.15) is 7.43 Å². The van der Waals surface area contributed by atoms with E-state index in [2.05, 4.69) is 0 Å². The molecule has 0 bridgehead atoms. The second-order valence-electron chi connectivity index (χ2n) is 1.39. The second kappa shape index (κ2) is 3.11. The van der Waals surface area contributed by atoms with Crippen molar-refractivity contribution in [3.05, 3.63) is 0 Å². The van der Waals surface area contributed by atoms with Crippen LogP contribution in [0.5, 0.6) is 0 Å². The zero-order valence-corrected chi connectivity index (χ0v) is 5.31. The molecule has 0 amide bonds. The zero-order chi connectivity index (χ0) is 9.50. The normalized spacial score (nSPS) is 13.8. The third-order valence-corrected chi connectivity index (χ3v) is 1.83. The van der Waals surface area contributed by atoms with Gasteiger partial charge in [-0.05, 0) is 0 Å². The summed E-state index contributed by atoms with van der Waals surface area (Å²) in [5.74, 6) is 0. The molecule has 0 saturated carbocycles. The molecular formula is C3H4F6O2S. The Hall–Kier alpha value is -0.470. The van der Waals surface area contributed by atoms with Gasteiger partial charge in [-0.15, -0.1) is 0 Å². The monoisotopic (exact) mass is 218 g/mol. The van der Waals surface area contributed by atoms with Gasteiger partial charge in [-0.2, -0.15) is 26.3 Å². The summed E-state index contributed by atoms with van der Waals surface area (Å²) in [7, 11) is -7.01. The van der Waals surface area contributed by atoms with Gasteiger partial charge in [0, 0.05) is 0 Å². The molecule has 0 fully saturated rings. The highest BCUT2D eigenvalue weighted by Gasteiger charge is 2.63. The first-order valence-electron chi connectivity index (χ1n) is 1.88. The summed E-state index contributed by atoms with van der Waals surface area (Å²) in [5, 5.41) is 0. The number of hydrogen-bond acceptors (Lipinski definition) is 2. The highest BCUT2D eigenvalue weighted by molar-refractivity contribution is 7.93. The minimum Gasteiger partial charge on any atom is -0.210 e. The number of halogens is 6. The molecule has 0 radical (unpaired) electrons. The molecule has 0 saturated heterocycles. The molecular weight excluding hydrogens is 214 g/mol. The van der Waals surface area contributed by atoms with Gasteiger partial charge in [0.25, 0.3) is 0 Å². The van der Waals surface area contributed by atoms with Gasteiger partial charge in [0.1, 0.15) is 0 Å². The van der Waals surface area contributed by atoms with Crippen LogP contribution in [0, 0.1) is 0 Å². The minimum absolute atomic E-state index is 0. The highest BCUT2D eigenvalue weighted by Crippen LogP contribution is 2.36. The van der Waals surface area contributed by atoms with Crippen molar-refractivity contribution in [1.29, 1.82) is 0 Å². The van der Waals surface area contributed by atoms with E-state index in [-0.39, 0.29) is 7.43 Å². The maximum atomic E-state index is 11.0. The van der Waals surface area contributed by atoms with Crippen LogP contribution in [0.3, 0.4) is 0 Å². The highest BCUT2D eigenvalue weighted by atomic mass is 32.2. The molecule has 9 heteroatoms. The first-order chi connectivity index (χ1) is 4.50. The Morgan fingerprint density at radius 3 is 0.917 bits per heavy atom. The molecule has 12 heavy (non-hydrogen) atoms. The van der Waals surface area contributed by atoms with E-state index in [0.717, 1.165) is 0 Å². The van der Waals surface area contributed by atoms with E-state index in [1.54, 1.807) is 0 Å². The lowest BCUT2D eigenvalue weighted by molar-refractivity contribution is -0.0881. The van der Waals surface area contributed by atoms with Crippen molar-refractivity contribution in [1.82, 2.24) is 0 Å². The summed E-state index contributed by atoms with van der Waals surface area (Å²) in [5.41, 5.74) is -12.5. The van der Waals surface area contributed by atoms with Crippen molar-refractivity contribution >= 4 is 9.84 Å². The van der Waals surface area contributed by atoms with Gasteiger partial charge in [0.15, 0.2) is 0 Å². The van der Waals surface area contributed by atoms with Crippen LogP contribution < -0.4 is 0 Å². The molecule has 0 unspecified atom stereocenters. The van der Waals surface area contributed by atoms with E-state index >= 15 is 0 Å². The van der Waals surface area contributed by atoms with Crippen molar-refractivity contribution < 1.29 is 34.8 Å². The lowest BCUT2D eigenvalue weighted by Crippen LogP contribution is -2.36. The van der Waals surface area contributed by atoms with Gasteiger partial charge in [0.2, 0.25) is 0 Å². The zero-order valence-electron chi connectivity index (χ0n) is 4.49. The maximum absolute atomic E-state index is 11.0. The van der Waals surface area contributed by atoms with Crippen molar-refractivity contribution in [2.24, 2.45) is 0 Å². The van der Waals surface area contributed by atoms with Crippen molar-refractivity contribution in [2.75, 3.05) is 0 Å². The molecule has 0 aromatic heterocycles. The maximum Gasteiger partial charge on any atom is 0.506 e. The molecule has 0 N–H and O–H groups in total. The summed E-state index contributed by atoms with van der Waals surface area (Å²) in [6, 6.07) is 0. The predicted molar refractivity (Wildman–Crippen MR) is 27.8 cm³/mol. The first kappa shape index (κ1) is 14.1. The van der Waals surface area contributed by atoms with Crippen molar-refractivity contribution in [2.45, 2.75) is 18.4 Å². The Labute approximate surface area is 64.1 Å². The second-order valence-corrected chi connectivity index (χ2v) is 3.33. The summed E-state index contributed by atoms with van der Waals surface area (Å²) in [6.07, 6.45) is 0. The average Bonchev–Trinajstić information content (AvgIpc) is 1.58. The summed E-state index contributed by atoms with van der Waals surface area (Å²) in [6.45, 7) is 0. The number of alkyl halides is 6. The van der Waals surface area contributed by atoms with Crippen LogP contribution in [-0.4, -0.2) is 19.4 Å². The molecule has 0 heterocycles. The molecule has 0 spiro atoms. The fourth-order valence-electron chi connectivity index (χ4n) is 0.131. The third kappa shape index (κ3) is 2.26. The number of rotatable bonds is 0. The molecule has 0 aliphatic rings. The fraction of sp³-hybridized carbons (Fsp3) is 1.00. The standard InChI is InChI=1S/C2F6O2S.CH4/c3-1(4,5)11(9,10)2(6,7)8;/h;1H4. The van der Waals surface area contributed by atoms with E-state index in [1.165, 1.54) is 0 Å². The minimum atomic E-state index is -7.01. The SMILES string of the molecule is C.O=S(=O)(C(F)(F)F)C(F)(F)F. The van der Waals surface area contributed by atoms with Gasteiger partial charge in [-0.3, -0.25) is 0 Å². The lowest BCUT2D eigenvalue weighted by Gasteiger charge is -2.09. The van der Waals surface area contributed by atoms with Crippen LogP contribution in [-0.2, 0) is 9.84 Å². The molecule has 0 aliphatic heterocycles. The first-order valence-corrected chi connectivity index (χ1v) is 3.36.